The Labute approximate surface area is 114 Å². The maximum Gasteiger partial charge on any atom is 0.418 e. The highest BCUT2D eigenvalue weighted by Crippen LogP contribution is 2.37. The number of nitrogens with zero attached hydrogens (tertiary/aromatic N) is 1. The van der Waals surface area contributed by atoms with Crippen molar-refractivity contribution in [2.24, 2.45) is 0 Å². The molecule has 0 bridgehead atoms. The summed E-state index contributed by atoms with van der Waals surface area (Å²) in [4.78, 5) is 0. The summed E-state index contributed by atoms with van der Waals surface area (Å²) in [6.45, 7) is 2.07. The SMILES string of the molecule is COc1ccc(NCc2cn[nH]c2C)c(C(F)(F)F)c1. The van der Waals surface area contributed by atoms with Gasteiger partial charge in [-0.2, -0.15) is 18.3 Å². The fraction of sp³-hybridized carbons (Fsp3) is 0.308. The van der Waals surface area contributed by atoms with E-state index in [9.17, 15) is 13.2 Å². The van der Waals surface area contributed by atoms with E-state index in [1.807, 2.05) is 6.92 Å². The zero-order valence-electron chi connectivity index (χ0n) is 11.0. The zero-order valence-corrected chi connectivity index (χ0v) is 11.0. The van der Waals surface area contributed by atoms with Gasteiger partial charge in [0.1, 0.15) is 5.75 Å². The van der Waals surface area contributed by atoms with Gasteiger partial charge in [0.2, 0.25) is 0 Å². The minimum atomic E-state index is -4.44. The van der Waals surface area contributed by atoms with Gasteiger partial charge in [0.05, 0.1) is 18.9 Å². The second-order valence-corrected chi connectivity index (χ2v) is 4.28. The number of aromatic nitrogens is 2. The van der Waals surface area contributed by atoms with Gasteiger partial charge in [-0.05, 0) is 25.1 Å². The third-order valence-corrected chi connectivity index (χ3v) is 2.94. The van der Waals surface area contributed by atoms with Gasteiger partial charge in [-0.15, -0.1) is 0 Å². The molecule has 1 aromatic heterocycles. The molecule has 4 nitrogen and oxygen atoms in total. The second kappa shape index (κ2) is 5.44. The van der Waals surface area contributed by atoms with Crippen molar-refractivity contribution >= 4 is 5.69 Å². The van der Waals surface area contributed by atoms with Gasteiger partial charge in [-0.25, -0.2) is 0 Å². The number of hydrogen-bond donors (Lipinski definition) is 2. The molecule has 2 rings (SSSR count). The molecule has 0 fully saturated rings. The molecule has 0 saturated carbocycles. The first-order valence-corrected chi connectivity index (χ1v) is 5.89. The number of anilines is 1. The molecule has 0 unspecified atom stereocenters. The quantitative estimate of drug-likeness (QED) is 0.905. The van der Waals surface area contributed by atoms with Gasteiger partial charge in [0, 0.05) is 23.5 Å². The number of alkyl halides is 3. The van der Waals surface area contributed by atoms with E-state index < -0.39 is 11.7 Å². The minimum Gasteiger partial charge on any atom is -0.497 e. The van der Waals surface area contributed by atoms with Crippen molar-refractivity contribution in [3.05, 3.63) is 41.2 Å². The van der Waals surface area contributed by atoms with Crippen molar-refractivity contribution in [2.75, 3.05) is 12.4 Å². The van der Waals surface area contributed by atoms with Crippen LogP contribution in [0.2, 0.25) is 0 Å². The van der Waals surface area contributed by atoms with Crippen molar-refractivity contribution < 1.29 is 17.9 Å². The standard InChI is InChI=1S/C13H14F3N3O/c1-8-9(7-18-19-8)6-17-12-4-3-10(20-2)5-11(12)13(14,15)16/h3-5,7,17H,6H2,1-2H3,(H,18,19). The van der Waals surface area contributed by atoms with Crippen LogP contribution in [-0.2, 0) is 12.7 Å². The van der Waals surface area contributed by atoms with Gasteiger partial charge >= 0.3 is 6.18 Å². The van der Waals surface area contributed by atoms with Crippen LogP contribution in [0.15, 0.2) is 24.4 Å². The molecule has 0 amide bonds. The lowest BCUT2D eigenvalue weighted by molar-refractivity contribution is -0.137. The molecule has 0 atom stereocenters. The average molecular weight is 285 g/mol. The van der Waals surface area contributed by atoms with E-state index in [0.29, 0.717) is 0 Å². The number of methoxy groups -OCH3 is 1. The molecule has 0 aliphatic rings. The van der Waals surface area contributed by atoms with Gasteiger partial charge in [-0.1, -0.05) is 0 Å². The molecule has 1 aromatic carbocycles. The maximum atomic E-state index is 13.0. The number of ether oxygens (including phenoxy) is 1. The first-order valence-electron chi connectivity index (χ1n) is 5.89. The van der Waals surface area contributed by atoms with Crippen LogP contribution < -0.4 is 10.1 Å². The number of rotatable bonds is 4. The monoisotopic (exact) mass is 285 g/mol. The number of nitrogens with one attached hydrogen (secondary N) is 2. The summed E-state index contributed by atoms with van der Waals surface area (Å²) in [7, 11) is 1.33. The summed E-state index contributed by atoms with van der Waals surface area (Å²) < 4.78 is 43.8. The van der Waals surface area contributed by atoms with E-state index in [2.05, 4.69) is 15.5 Å². The Morgan fingerprint density at radius 3 is 2.65 bits per heavy atom. The summed E-state index contributed by atoms with van der Waals surface area (Å²) in [5, 5.41) is 9.34. The number of aromatic amines is 1. The molecule has 0 radical (unpaired) electrons. The van der Waals surface area contributed by atoms with Crippen LogP contribution in [0.5, 0.6) is 5.75 Å². The van der Waals surface area contributed by atoms with E-state index >= 15 is 0 Å². The van der Waals surface area contributed by atoms with E-state index in [0.717, 1.165) is 17.3 Å². The first kappa shape index (κ1) is 14.2. The van der Waals surface area contributed by atoms with Crippen molar-refractivity contribution in [3.8, 4) is 5.75 Å². The number of halogens is 3. The Bertz CT molecular complexity index is 593. The predicted octanol–water partition coefficient (Wildman–Crippen LogP) is 3.36. The molecule has 0 aliphatic heterocycles. The van der Waals surface area contributed by atoms with Gasteiger partial charge in [-0.3, -0.25) is 5.10 Å². The van der Waals surface area contributed by atoms with Crippen LogP contribution in [0.1, 0.15) is 16.8 Å². The van der Waals surface area contributed by atoms with Gasteiger partial charge < -0.3 is 10.1 Å². The zero-order chi connectivity index (χ0) is 14.8. The van der Waals surface area contributed by atoms with Crippen molar-refractivity contribution in [1.82, 2.24) is 10.2 Å². The fourth-order valence-electron chi connectivity index (χ4n) is 1.78. The Morgan fingerprint density at radius 2 is 2.10 bits per heavy atom. The molecule has 7 heteroatoms. The highest BCUT2D eigenvalue weighted by atomic mass is 19.4. The molecule has 0 spiro atoms. The third kappa shape index (κ3) is 3.04. The van der Waals surface area contributed by atoms with E-state index in [1.54, 1.807) is 6.20 Å². The lowest BCUT2D eigenvalue weighted by Crippen LogP contribution is -2.11. The minimum absolute atomic E-state index is 0.0129. The molecule has 20 heavy (non-hydrogen) atoms. The number of hydrogen-bond acceptors (Lipinski definition) is 3. The van der Waals surface area contributed by atoms with Crippen LogP contribution in [0, 0.1) is 6.92 Å². The normalized spacial score (nSPS) is 11.4. The fourth-order valence-corrected chi connectivity index (χ4v) is 1.78. The Kier molecular flexibility index (Phi) is 3.87. The summed E-state index contributed by atoms with van der Waals surface area (Å²) in [5.41, 5.74) is 0.894. The number of H-pyrrole nitrogens is 1. The number of aryl methyl sites for hydroxylation is 1. The van der Waals surface area contributed by atoms with Crippen LogP contribution in [-0.4, -0.2) is 17.3 Å². The van der Waals surface area contributed by atoms with Crippen LogP contribution in [0.3, 0.4) is 0 Å². The predicted molar refractivity (Wildman–Crippen MR) is 68.6 cm³/mol. The maximum absolute atomic E-state index is 13.0. The summed E-state index contributed by atoms with van der Waals surface area (Å²) in [6, 6.07) is 3.82. The Morgan fingerprint density at radius 1 is 1.35 bits per heavy atom. The van der Waals surface area contributed by atoms with E-state index in [-0.39, 0.29) is 18.0 Å². The summed E-state index contributed by atoms with van der Waals surface area (Å²) >= 11 is 0. The Hall–Kier alpha value is -2.18. The smallest absolute Gasteiger partial charge is 0.418 e. The highest BCUT2D eigenvalue weighted by Gasteiger charge is 2.34. The molecule has 2 N–H and O–H groups in total. The molecular formula is C13H14F3N3O. The molecule has 2 aromatic rings. The summed E-state index contributed by atoms with van der Waals surface area (Å²) in [5.74, 6) is 0.169. The topological polar surface area (TPSA) is 49.9 Å². The van der Waals surface area contributed by atoms with Crippen LogP contribution >= 0.6 is 0 Å². The van der Waals surface area contributed by atoms with E-state index in [1.165, 1.54) is 19.2 Å². The highest BCUT2D eigenvalue weighted by molar-refractivity contribution is 5.56. The molecule has 0 saturated heterocycles. The van der Waals surface area contributed by atoms with E-state index in [4.69, 9.17) is 4.74 Å². The van der Waals surface area contributed by atoms with Crippen LogP contribution in [0.25, 0.3) is 0 Å². The molecular weight excluding hydrogens is 271 g/mol. The average Bonchev–Trinajstić information content (AvgIpc) is 2.80. The third-order valence-electron chi connectivity index (χ3n) is 2.94. The second-order valence-electron chi connectivity index (χ2n) is 4.28. The van der Waals surface area contributed by atoms with Gasteiger partial charge in [0.25, 0.3) is 0 Å². The van der Waals surface area contributed by atoms with Crippen LogP contribution in [0.4, 0.5) is 18.9 Å². The lowest BCUT2D eigenvalue weighted by atomic mass is 10.1. The lowest BCUT2D eigenvalue weighted by Gasteiger charge is -2.15. The summed E-state index contributed by atoms with van der Waals surface area (Å²) in [6.07, 6.45) is -2.86. The first-order chi connectivity index (χ1) is 9.41. The molecule has 1 heterocycles. The largest absolute Gasteiger partial charge is 0.497 e. The molecule has 108 valence electrons. The van der Waals surface area contributed by atoms with Crippen molar-refractivity contribution in [2.45, 2.75) is 19.6 Å². The van der Waals surface area contributed by atoms with Crippen molar-refractivity contribution in [3.63, 3.8) is 0 Å². The van der Waals surface area contributed by atoms with Crippen molar-refractivity contribution in [1.29, 1.82) is 0 Å². The van der Waals surface area contributed by atoms with Gasteiger partial charge in [0.15, 0.2) is 0 Å². The number of benzene rings is 1. The Balaban J connectivity index is 2.25. The molecule has 0 aliphatic carbocycles.